The third-order valence-corrected chi connectivity index (χ3v) is 8.03. The van der Waals surface area contributed by atoms with E-state index in [-0.39, 0.29) is 36.1 Å². The minimum Gasteiger partial charge on any atom is -0.390 e. The minimum atomic E-state index is -0.761. The Morgan fingerprint density at radius 1 is 1.14 bits per heavy atom. The van der Waals surface area contributed by atoms with Crippen LogP contribution in [0, 0.1) is 0 Å². The summed E-state index contributed by atoms with van der Waals surface area (Å²) in [7, 11) is 0. The molecule has 36 heavy (non-hydrogen) atoms. The van der Waals surface area contributed by atoms with Gasteiger partial charge < -0.3 is 20.1 Å². The van der Waals surface area contributed by atoms with Crippen LogP contribution >= 0.6 is 0 Å². The maximum atomic E-state index is 13.4. The molecule has 2 aromatic carbocycles. The highest BCUT2D eigenvalue weighted by molar-refractivity contribution is 5.99. The van der Waals surface area contributed by atoms with Crippen molar-refractivity contribution in [3.8, 4) is 0 Å². The molecule has 8 heteroatoms. The lowest BCUT2D eigenvalue weighted by molar-refractivity contribution is -0.00714. The molecular weight excluding hydrogens is 456 g/mol. The number of morpholine rings is 1. The number of nitrogens with one attached hydrogen (secondary N) is 1. The first-order valence-electron chi connectivity index (χ1n) is 13.0. The Bertz CT molecular complexity index is 1350. The first kappa shape index (κ1) is 23.3. The third kappa shape index (κ3) is 4.03. The summed E-state index contributed by atoms with van der Waals surface area (Å²) in [6, 6.07) is 13.6. The summed E-state index contributed by atoms with van der Waals surface area (Å²) < 4.78 is 7.01. The van der Waals surface area contributed by atoms with E-state index in [1.54, 1.807) is 12.1 Å². The van der Waals surface area contributed by atoms with Crippen LogP contribution in [0.4, 0.5) is 0 Å². The molecule has 188 valence electrons. The molecule has 1 aromatic heterocycles. The van der Waals surface area contributed by atoms with E-state index in [1.807, 2.05) is 30.0 Å². The summed E-state index contributed by atoms with van der Waals surface area (Å²) in [4.78, 5) is 28.7. The zero-order chi connectivity index (χ0) is 24.8. The van der Waals surface area contributed by atoms with Crippen molar-refractivity contribution in [3.63, 3.8) is 0 Å². The Balaban J connectivity index is 1.27. The van der Waals surface area contributed by atoms with E-state index in [4.69, 9.17) is 4.74 Å². The van der Waals surface area contributed by atoms with E-state index >= 15 is 0 Å². The van der Waals surface area contributed by atoms with Crippen molar-refractivity contribution in [2.75, 3.05) is 13.2 Å². The van der Waals surface area contributed by atoms with E-state index in [0.29, 0.717) is 48.9 Å². The lowest BCUT2D eigenvalue weighted by atomic mass is 9.93. The Kier molecular flexibility index (Phi) is 6.11. The number of ether oxygens (including phenoxy) is 1. The Labute approximate surface area is 209 Å². The van der Waals surface area contributed by atoms with E-state index in [1.165, 1.54) is 15.8 Å². The summed E-state index contributed by atoms with van der Waals surface area (Å²) in [5, 5.41) is 20.3. The summed E-state index contributed by atoms with van der Waals surface area (Å²) in [5.41, 5.74) is 3.55. The van der Waals surface area contributed by atoms with Crippen molar-refractivity contribution in [3.05, 3.63) is 75.2 Å². The normalized spacial score (nSPS) is 24.1. The first-order chi connectivity index (χ1) is 17.5. The number of carbonyl (C=O) groups excluding carboxylic acids is 1. The highest BCUT2D eigenvalue weighted by atomic mass is 16.5. The average molecular weight is 489 g/mol. The topological polar surface area (TPSA) is 96.7 Å². The molecule has 8 nitrogen and oxygen atoms in total. The molecule has 3 aliphatic heterocycles. The van der Waals surface area contributed by atoms with Gasteiger partial charge in [-0.1, -0.05) is 31.2 Å². The number of carbonyl (C=O) groups is 1. The maximum absolute atomic E-state index is 13.4. The molecule has 2 saturated heterocycles. The predicted molar refractivity (Wildman–Crippen MR) is 136 cm³/mol. The van der Waals surface area contributed by atoms with E-state index in [9.17, 15) is 14.7 Å². The van der Waals surface area contributed by atoms with Gasteiger partial charge in [-0.25, -0.2) is 4.68 Å². The SMILES string of the molecule is CCc1nn(CC(O)C2Cc3ccccc3CN2)c(=O)c2ccc(C(=O)N3C4CCC3COC4)cc12. The predicted octanol–water partition coefficient (Wildman–Crippen LogP) is 2.04. The summed E-state index contributed by atoms with van der Waals surface area (Å²) in [6.45, 7) is 3.97. The molecule has 2 fully saturated rings. The second kappa shape index (κ2) is 9.42. The van der Waals surface area contributed by atoms with Gasteiger partial charge in [-0.05, 0) is 55.0 Å². The molecule has 0 spiro atoms. The van der Waals surface area contributed by atoms with Gasteiger partial charge in [0, 0.05) is 23.5 Å². The van der Waals surface area contributed by atoms with E-state index in [0.717, 1.165) is 18.5 Å². The highest BCUT2D eigenvalue weighted by Gasteiger charge is 2.40. The quantitative estimate of drug-likeness (QED) is 0.571. The molecule has 4 heterocycles. The van der Waals surface area contributed by atoms with E-state index in [2.05, 4.69) is 22.5 Å². The fraction of sp³-hybridized carbons (Fsp3) is 0.464. The molecule has 0 saturated carbocycles. The second-order valence-corrected chi connectivity index (χ2v) is 10.2. The average Bonchev–Trinajstić information content (AvgIpc) is 3.16. The third-order valence-electron chi connectivity index (χ3n) is 8.03. The summed E-state index contributed by atoms with van der Waals surface area (Å²) in [5.74, 6) is -0.00184. The highest BCUT2D eigenvalue weighted by Crippen LogP contribution is 2.31. The molecule has 4 atom stereocenters. The fourth-order valence-electron chi connectivity index (χ4n) is 6.04. The monoisotopic (exact) mass is 488 g/mol. The zero-order valence-electron chi connectivity index (χ0n) is 20.5. The number of hydrogen-bond acceptors (Lipinski definition) is 6. The van der Waals surface area contributed by atoms with E-state index < -0.39 is 6.10 Å². The zero-order valence-corrected chi connectivity index (χ0v) is 20.5. The number of fused-ring (bicyclic) bond motifs is 4. The van der Waals surface area contributed by atoms with Crippen molar-refractivity contribution in [2.45, 2.75) is 69.9 Å². The Hall–Kier alpha value is -3.07. The molecule has 0 radical (unpaired) electrons. The van der Waals surface area contributed by atoms with Crippen molar-refractivity contribution >= 4 is 16.7 Å². The van der Waals surface area contributed by atoms with Crippen LogP contribution in [-0.2, 0) is 30.7 Å². The van der Waals surface area contributed by atoms with Crippen LogP contribution in [0.5, 0.6) is 0 Å². The number of amides is 1. The standard InChI is InChI=1S/C28H32N4O4/c1-2-24-23-11-18(27(34)32-20-8-9-21(32)16-36-15-20)7-10-22(23)28(35)31(30-24)14-26(33)25-12-17-5-3-4-6-19(17)13-29-25/h3-7,10-11,20-21,25-26,29,33H,2,8-9,12-16H2,1H3. The van der Waals surface area contributed by atoms with Crippen LogP contribution in [0.25, 0.3) is 10.8 Å². The molecule has 4 unspecified atom stereocenters. The first-order valence-corrected chi connectivity index (χ1v) is 13.0. The number of rotatable bonds is 5. The lowest BCUT2D eigenvalue weighted by Gasteiger charge is -2.34. The van der Waals surface area contributed by atoms with Gasteiger partial charge in [0.25, 0.3) is 11.5 Å². The molecule has 3 aromatic rings. The molecule has 3 aliphatic rings. The van der Waals surface area contributed by atoms with Gasteiger partial charge in [-0.3, -0.25) is 9.59 Å². The van der Waals surface area contributed by atoms with Crippen molar-refractivity contribution in [1.29, 1.82) is 0 Å². The maximum Gasteiger partial charge on any atom is 0.274 e. The van der Waals surface area contributed by atoms with Gasteiger partial charge >= 0.3 is 0 Å². The number of hydrogen-bond donors (Lipinski definition) is 2. The Morgan fingerprint density at radius 3 is 2.64 bits per heavy atom. The van der Waals surface area contributed by atoms with Crippen molar-refractivity contribution in [1.82, 2.24) is 20.0 Å². The van der Waals surface area contributed by atoms with Gasteiger partial charge in [0.1, 0.15) is 0 Å². The fourth-order valence-corrected chi connectivity index (χ4v) is 6.04. The van der Waals surface area contributed by atoms with Gasteiger partial charge in [0.05, 0.1) is 49.0 Å². The number of aliphatic hydroxyl groups is 1. The van der Waals surface area contributed by atoms with Gasteiger partial charge in [-0.2, -0.15) is 5.10 Å². The Morgan fingerprint density at radius 2 is 1.89 bits per heavy atom. The van der Waals surface area contributed by atoms with Crippen LogP contribution in [0.15, 0.2) is 47.3 Å². The van der Waals surface area contributed by atoms with Gasteiger partial charge in [0.2, 0.25) is 0 Å². The number of benzene rings is 2. The molecule has 2 bridgehead atoms. The van der Waals surface area contributed by atoms with Crippen LogP contribution in [0.1, 0.15) is 46.9 Å². The molecular formula is C28H32N4O4. The lowest BCUT2D eigenvalue weighted by Crippen LogP contribution is -2.49. The van der Waals surface area contributed by atoms with Gasteiger partial charge in [-0.15, -0.1) is 0 Å². The second-order valence-electron chi connectivity index (χ2n) is 10.2. The summed E-state index contributed by atoms with van der Waals surface area (Å²) in [6.07, 6.45) is 2.50. The molecule has 1 amide bonds. The van der Waals surface area contributed by atoms with Crippen molar-refractivity contribution < 1.29 is 14.6 Å². The van der Waals surface area contributed by atoms with Crippen LogP contribution in [0.3, 0.4) is 0 Å². The number of aromatic nitrogens is 2. The van der Waals surface area contributed by atoms with Crippen LogP contribution in [-0.4, -0.2) is 63.1 Å². The molecule has 6 rings (SSSR count). The minimum absolute atomic E-state index is 0.00184. The molecule has 0 aliphatic carbocycles. The number of aryl methyl sites for hydroxylation is 1. The number of nitrogens with zero attached hydrogens (tertiary/aromatic N) is 3. The number of aliphatic hydroxyl groups excluding tert-OH is 1. The van der Waals surface area contributed by atoms with Crippen molar-refractivity contribution in [2.24, 2.45) is 0 Å². The smallest absolute Gasteiger partial charge is 0.274 e. The largest absolute Gasteiger partial charge is 0.390 e. The summed E-state index contributed by atoms with van der Waals surface area (Å²) >= 11 is 0. The van der Waals surface area contributed by atoms with Crippen LogP contribution < -0.4 is 10.9 Å². The van der Waals surface area contributed by atoms with Crippen LogP contribution in [0.2, 0.25) is 0 Å². The molecule has 2 N–H and O–H groups in total. The van der Waals surface area contributed by atoms with Gasteiger partial charge in [0.15, 0.2) is 0 Å².